The van der Waals surface area contributed by atoms with Crippen LogP contribution in [-0.4, -0.2) is 18.2 Å². The minimum absolute atomic E-state index is 0.0784. The number of aliphatic carboxylic acids is 1. The number of hydrogen-bond donors (Lipinski definition) is 1. The van der Waals surface area contributed by atoms with Crippen molar-refractivity contribution in [3.05, 3.63) is 28.8 Å². The summed E-state index contributed by atoms with van der Waals surface area (Å²) < 4.78 is 5.18. The van der Waals surface area contributed by atoms with E-state index in [1.807, 2.05) is 6.07 Å². The molecule has 3 nitrogen and oxygen atoms in total. The van der Waals surface area contributed by atoms with E-state index in [2.05, 4.69) is 0 Å². The van der Waals surface area contributed by atoms with Crippen LogP contribution in [0, 0.1) is 5.92 Å². The van der Waals surface area contributed by atoms with Gasteiger partial charge < -0.3 is 9.84 Å². The summed E-state index contributed by atoms with van der Waals surface area (Å²) in [5, 5.41) is 9.44. The van der Waals surface area contributed by atoms with E-state index in [9.17, 15) is 4.79 Å². The minimum atomic E-state index is -0.739. The lowest BCUT2D eigenvalue weighted by atomic mass is 10.1. The van der Waals surface area contributed by atoms with Gasteiger partial charge in [-0.05, 0) is 24.1 Å². The molecule has 0 amide bonds. The zero-order valence-electron chi connectivity index (χ0n) is 8.24. The van der Waals surface area contributed by atoms with E-state index in [0.717, 1.165) is 5.56 Å². The normalized spacial score (nSPS) is 23.6. The van der Waals surface area contributed by atoms with E-state index in [0.29, 0.717) is 17.2 Å². The summed E-state index contributed by atoms with van der Waals surface area (Å²) in [5.41, 5.74) is 0.939. The molecule has 0 aliphatic heterocycles. The quantitative estimate of drug-likeness (QED) is 0.862. The Hall–Kier alpha value is -1.22. The fraction of sp³-hybridized carbons (Fsp3) is 0.364. The Morgan fingerprint density at radius 1 is 1.60 bits per heavy atom. The summed E-state index contributed by atoms with van der Waals surface area (Å²) in [7, 11) is 1.56. The molecule has 0 heterocycles. The number of rotatable bonds is 3. The molecule has 2 atom stereocenters. The largest absolute Gasteiger partial charge is 0.496 e. The lowest BCUT2D eigenvalue weighted by Gasteiger charge is -2.07. The molecule has 4 heteroatoms. The lowest BCUT2D eigenvalue weighted by molar-refractivity contribution is -0.138. The van der Waals surface area contributed by atoms with Crippen LogP contribution >= 0.6 is 11.6 Å². The standard InChI is InChI=1S/C11H11ClO3/c1-15-10-4-6(12)2-3-7(10)8-5-9(8)11(13)14/h2-4,8-9H,5H2,1H3,(H,13,14). The first kappa shape index (κ1) is 10.3. The highest BCUT2D eigenvalue weighted by Crippen LogP contribution is 2.50. The van der Waals surface area contributed by atoms with Crippen LogP contribution in [0.4, 0.5) is 0 Å². The fourth-order valence-electron chi connectivity index (χ4n) is 1.80. The first-order chi connectivity index (χ1) is 7.13. The predicted molar refractivity (Wildman–Crippen MR) is 56.5 cm³/mol. The van der Waals surface area contributed by atoms with Gasteiger partial charge in [-0.3, -0.25) is 4.79 Å². The molecule has 1 saturated carbocycles. The molecule has 1 aromatic rings. The molecule has 80 valence electrons. The van der Waals surface area contributed by atoms with Crippen LogP contribution in [-0.2, 0) is 4.79 Å². The van der Waals surface area contributed by atoms with Crippen LogP contribution in [0.2, 0.25) is 5.02 Å². The second kappa shape index (κ2) is 3.74. The monoisotopic (exact) mass is 226 g/mol. The van der Waals surface area contributed by atoms with Crippen molar-refractivity contribution in [2.24, 2.45) is 5.92 Å². The van der Waals surface area contributed by atoms with Crippen molar-refractivity contribution in [3.8, 4) is 5.75 Å². The summed E-state index contributed by atoms with van der Waals surface area (Å²) in [6.45, 7) is 0. The zero-order valence-corrected chi connectivity index (χ0v) is 8.99. The first-order valence-corrected chi connectivity index (χ1v) is 5.07. The van der Waals surface area contributed by atoms with Crippen molar-refractivity contribution in [1.29, 1.82) is 0 Å². The molecule has 2 unspecified atom stereocenters. The smallest absolute Gasteiger partial charge is 0.307 e. The van der Waals surface area contributed by atoms with E-state index in [4.69, 9.17) is 21.4 Å². The number of halogens is 1. The molecule has 0 saturated heterocycles. The zero-order chi connectivity index (χ0) is 11.0. The van der Waals surface area contributed by atoms with Crippen LogP contribution in [0.5, 0.6) is 5.75 Å². The van der Waals surface area contributed by atoms with Crippen molar-refractivity contribution in [2.45, 2.75) is 12.3 Å². The van der Waals surface area contributed by atoms with Gasteiger partial charge in [-0.2, -0.15) is 0 Å². The van der Waals surface area contributed by atoms with Gasteiger partial charge in [0.15, 0.2) is 0 Å². The van der Waals surface area contributed by atoms with E-state index in [1.165, 1.54) is 0 Å². The van der Waals surface area contributed by atoms with Crippen molar-refractivity contribution in [2.75, 3.05) is 7.11 Å². The third-order valence-electron chi connectivity index (χ3n) is 2.70. The Morgan fingerprint density at radius 3 is 2.87 bits per heavy atom. The molecular weight excluding hydrogens is 216 g/mol. The molecule has 2 rings (SSSR count). The third-order valence-corrected chi connectivity index (χ3v) is 2.94. The van der Waals surface area contributed by atoms with Crippen molar-refractivity contribution >= 4 is 17.6 Å². The first-order valence-electron chi connectivity index (χ1n) is 4.69. The Kier molecular flexibility index (Phi) is 2.57. The number of carboxylic acids is 1. The fourth-order valence-corrected chi connectivity index (χ4v) is 1.97. The van der Waals surface area contributed by atoms with Gasteiger partial charge in [-0.1, -0.05) is 17.7 Å². The Bertz CT molecular complexity index is 403. The highest BCUT2D eigenvalue weighted by Gasteiger charge is 2.45. The predicted octanol–water partition coefficient (Wildman–Crippen LogP) is 2.54. The molecular formula is C11H11ClO3. The van der Waals surface area contributed by atoms with E-state index >= 15 is 0 Å². The van der Waals surface area contributed by atoms with E-state index in [1.54, 1.807) is 19.2 Å². The van der Waals surface area contributed by atoms with Crippen LogP contribution < -0.4 is 4.74 Å². The summed E-state index contributed by atoms with van der Waals surface area (Å²) >= 11 is 5.82. The van der Waals surface area contributed by atoms with Gasteiger partial charge in [0.05, 0.1) is 13.0 Å². The summed E-state index contributed by atoms with van der Waals surface area (Å²) in [4.78, 5) is 10.7. The maximum atomic E-state index is 10.7. The molecule has 0 aromatic heterocycles. The summed E-state index contributed by atoms with van der Waals surface area (Å²) in [6.07, 6.45) is 0.688. The number of ether oxygens (including phenoxy) is 1. The maximum absolute atomic E-state index is 10.7. The number of hydrogen-bond acceptors (Lipinski definition) is 2. The maximum Gasteiger partial charge on any atom is 0.307 e. The third kappa shape index (κ3) is 1.92. The molecule has 1 N–H and O–H groups in total. The SMILES string of the molecule is COc1cc(Cl)ccc1C1CC1C(=O)O. The molecule has 1 aromatic carbocycles. The number of carbonyl (C=O) groups is 1. The Labute approximate surface area is 92.6 Å². The van der Waals surface area contributed by atoms with Gasteiger partial charge in [0, 0.05) is 10.9 Å². The second-order valence-corrected chi connectivity index (χ2v) is 4.11. The molecule has 15 heavy (non-hydrogen) atoms. The Morgan fingerprint density at radius 2 is 2.33 bits per heavy atom. The van der Waals surface area contributed by atoms with Crippen LogP contribution in [0.3, 0.4) is 0 Å². The van der Waals surface area contributed by atoms with E-state index < -0.39 is 5.97 Å². The average Bonchev–Trinajstić information content (AvgIpc) is 2.97. The highest BCUT2D eigenvalue weighted by molar-refractivity contribution is 6.30. The van der Waals surface area contributed by atoms with Gasteiger partial charge in [0.1, 0.15) is 5.75 Å². The topological polar surface area (TPSA) is 46.5 Å². The molecule has 1 aliphatic rings. The van der Waals surface area contributed by atoms with Crippen molar-refractivity contribution in [3.63, 3.8) is 0 Å². The van der Waals surface area contributed by atoms with Crippen molar-refractivity contribution in [1.82, 2.24) is 0 Å². The lowest BCUT2D eigenvalue weighted by Crippen LogP contribution is -2.00. The van der Waals surface area contributed by atoms with Gasteiger partial charge in [0.2, 0.25) is 0 Å². The van der Waals surface area contributed by atoms with Crippen LogP contribution in [0.1, 0.15) is 17.9 Å². The van der Waals surface area contributed by atoms with Gasteiger partial charge >= 0.3 is 5.97 Å². The molecule has 0 spiro atoms. The van der Waals surface area contributed by atoms with Gasteiger partial charge in [0.25, 0.3) is 0 Å². The number of carboxylic acid groups (broad SMARTS) is 1. The van der Waals surface area contributed by atoms with Crippen LogP contribution in [0.25, 0.3) is 0 Å². The van der Waals surface area contributed by atoms with Gasteiger partial charge in [-0.15, -0.1) is 0 Å². The molecule has 0 radical (unpaired) electrons. The molecule has 1 fully saturated rings. The van der Waals surface area contributed by atoms with E-state index in [-0.39, 0.29) is 11.8 Å². The molecule has 1 aliphatic carbocycles. The number of methoxy groups -OCH3 is 1. The van der Waals surface area contributed by atoms with Crippen LogP contribution in [0.15, 0.2) is 18.2 Å². The van der Waals surface area contributed by atoms with Crippen molar-refractivity contribution < 1.29 is 14.6 Å². The second-order valence-electron chi connectivity index (χ2n) is 3.67. The Balaban J connectivity index is 2.26. The number of benzene rings is 1. The summed E-state index contributed by atoms with van der Waals surface area (Å²) in [6, 6.07) is 5.32. The summed E-state index contributed by atoms with van der Waals surface area (Å²) in [5.74, 6) is -0.247. The average molecular weight is 227 g/mol. The highest BCUT2D eigenvalue weighted by atomic mass is 35.5. The minimum Gasteiger partial charge on any atom is -0.496 e. The molecule has 0 bridgehead atoms. The van der Waals surface area contributed by atoms with Gasteiger partial charge in [-0.25, -0.2) is 0 Å².